The lowest BCUT2D eigenvalue weighted by molar-refractivity contribution is 1.01. The zero-order chi connectivity index (χ0) is 17.1. The van der Waals surface area contributed by atoms with Crippen molar-refractivity contribution in [1.82, 2.24) is 4.98 Å². The maximum absolute atomic E-state index is 4.42. The predicted molar refractivity (Wildman–Crippen MR) is 107 cm³/mol. The number of hydrogen-bond donors (Lipinski definition) is 0. The summed E-state index contributed by atoms with van der Waals surface area (Å²) in [5.74, 6) is 0. The Labute approximate surface area is 148 Å². The van der Waals surface area contributed by atoms with Crippen LogP contribution in [-0.4, -0.2) is 11.5 Å². The molecule has 2 heterocycles. The summed E-state index contributed by atoms with van der Waals surface area (Å²) in [4.78, 5) is 6.69. The Morgan fingerprint density at radius 2 is 1.84 bits per heavy atom. The number of anilines is 1. The van der Waals surface area contributed by atoms with E-state index in [9.17, 15) is 0 Å². The normalized spacial score (nSPS) is 15.2. The van der Waals surface area contributed by atoms with Crippen LogP contribution in [-0.2, 0) is 0 Å². The molecule has 0 saturated heterocycles. The second-order valence-corrected chi connectivity index (χ2v) is 6.02. The van der Waals surface area contributed by atoms with Crippen LogP contribution in [0.1, 0.15) is 18.1 Å². The van der Waals surface area contributed by atoms with Gasteiger partial charge in [-0.1, -0.05) is 54.6 Å². The highest BCUT2D eigenvalue weighted by molar-refractivity contribution is 5.89. The molecule has 1 aliphatic heterocycles. The molecule has 122 valence electrons. The third-order valence-corrected chi connectivity index (χ3v) is 4.53. The summed E-state index contributed by atoms with van der Waals surface area (Å²) in [6.45, 7) is 3.14. The Bertz CT molecular complexity index is 990. The molecule has 0 unspecified atom stereocenters. The van der Waals surface area contributed by atoms with Gasteiger partial charge in [-0.25, -0.2) is 0 Å². The summed E-state index contributed by atoms with van der Waals surface area (Å²) < 4.78 is 0. The van der Waals surface area contributed by atoms with Gasteiger partial charge in [0.2, 0.25) is 0 Å². The molecular weight excluding hydrogens is 304 g/mol. The van der Waals surface area contributed by atoms with Gasteiger partial charge in [-0.3, -0.25) is 4.98 Å². The van der Waals surface area contributed by atoms with Gasteiger partial charge < -0.3 is 4.90 Å². The summed E-state index contributed by atoms with van der Waals surface area (Å²) in [6, 6.07) is 18.8. The smallest absolute Gasteiger partial charge is 0.0707 e. The molecule has 0 saturated carbocycles. The van der Waals surface area contributed by atoms with Crippen molar-refractivity contribution in [1.29, 1.82) is 0 Å². The molecule has 2 nitrogen and oxygen atoms in total. The lowest BCUT2D eigenvalue weighted by atomic mass is 9.99. The number of aromatic nitrogens is 1. The first-order valence-electron chi connectivity index (χ1n) is 8.63. The second kappa shape index (κ2) is 6.78. The standard InChI is InChI=1S/C23H20N2/c1-2-25-17-15-19(21-11-4-6-13-23(21)25)9-7-8-18-14-16-24-22-12-5-3-10-20(18)22/h3-17H,2H2,1H3/b8-7+,19-9+. The Morgan fingerprint density at radius 1 is 1.00 bits per heavy atom. The average molecular weight is 324 g/mol. The number of pyridine rings is 1. The van der Waals surface area contributed by atoms with Crippen molar-refractivity contribution in [2.24, 2.45) is 0 Å². The first kappa shape index (κ1) is 15.4. The monoisotopic (exact) mass is 324 g/mol. The van der Waals surface area contributed by atoms with Crippen LogP contribution in [0.15, 0.2) is 85.2 Å². The van der Waals surface area contributed by atoms with Crippen molar-refractivity contribution < 1.29 is 0 Å². The molecule has 25 heavy (non-hydrogen) atoms. The molecule has 0 N–H and O–H groups in total. The third-order valence-electron chi connectivity index (χ3n) is 4.53. The molecular formula is C23H20N2. The average Bonchev–Trinajstić information content (AvgIpc) is 2.68. The van der Waals surface area contributed by atoms with E-state index in [0.29, 0.717) is 0 Å². The molecule has 0 atom stereocenters. The Morgan fingerprint density at radius 3 is 2.76 bits per heavy atom. The summed E-state index contributed by atoms with van der Waals surface area (Å²) in [6.07, 6.45) is 12.7. The Kier molecular flexibility index (Phi) is 4.17. The molecule has 1 aliphatic rings. The largest absolute Gasteiger partial charge is 0.348 e. The predicted octanol–water partition coefficient (Wildman–Crippen LogP) is 5.69. The fourth-order valence-electron chi connectivity index (χ4n) is 3.25. The fourth-order valence-corrected chi connectivity index (χ4v) is 3.25. The summed E-state index contributed by atoms with van der Waals surface area (Å²) in [5.41, 5.74) is 5.98. The van der Waals surface area contributed by atoms with E-state index < -0.39 is 0 Å². The zero-order valence-corrected chi connectivity index (χ0v) is 14.3. The van der Waals surface area contributed by atoms with Crippen LogP contribution in [0, 0.1) is 0 Å². The van der Waals surface area contributed by atoms with Crippen LogP contribution >= 0.6 is 0 Å². The van der Waals surface area contributed by atoms with Gasteiger partial charge in [0.15, 0.2) is 0 Å². The molecule has 0 fully saturated rings. The van der Waals surface area contributed by atoms with Crippen LogP contribution in [0.2, 0.25) is 0 Å². The highest BCUT2D eigenvalue weighted by Gasteiger charge is 2.13. The van der Waals surface area contributed by atoms with Gasteiger partial charge in [0.25, 0.3) is 0 Å². The van der Waals surface area contributed by atoms with Gasteiger partial charge in [0.05, 0.1) is 5.52 Å². The number of allylic oxidation sites excluding steroid dienone is 4. The van der Waals surface area contributed by atoms with Crippen LogP contribution in [0.5, 0.6) is 0 Å². The first-order valence-corrected chi connectivity index (χ1v) is 8.63. The summed E-state index contributed by atoms with van der Waals surface area (Å²) in [7, 11) is 0. The summed E-state index contributed by atoms with van der Waals surface area (Å²) >= 11 is 0. The van der Waals surface area contributed by atoms with E-state index in [-0.39, 0.29) is 0 Å². The summed E-state index contributed by atoms with van der Waals surface area (Å²) in [5, 5.41) is 1.18. The number of rotatable bonds is 3. The molecule has 0 amide bonds. The van der Waals surface area contributed by atoms with Crippen molar-refractivity contribution >= 4 is 28.2 Å². The number of benzene rings is 2. The van der Waals surface area contributed by atoms with Gasteiger partial charge >= 0.3 is 0 Å². The van der Waals surface area contributed by atoms with Crippen LogP contribution < -0.4 is 4.90 Å². The minimum Gasteiger partial charge on any atom is -0.348 e. The van der Waals surface area contributed by atoms with Crippen molar-refractivity contribution in [3.63, 3.8) is 0 Å². The molecule has 2 aromatic carbocycles. The maximum atomic E-state index is 4.42. The van der Waals surface area contributed by atoms with Crippen LogP contribution in [0.4, 0.5) is 5.69 Å². The van der Waals surface area contributed by atoms with Crippen molar-refractivity contribution in [2.45, 2.75) is 6.92 Å². The van der Waals surface area contributed by atoms with E-state index in [1.807, 2.05) is 18.3 Å². The van der Waals surface area contributed by atoms with E-state index in [1.54, 1.807) is 0 Å². The molecule has 0 radical (unpaired) electrons. The third kappa shape index (κ3) is 2.99. The molecule has 1 aromatic heterocycles. The number of hydrogen-bond acceptors (Lipinski definition) is 2. The van der Waals surface area contributed by atoms with E-state index in [1.165, 1.54) is 27.8 Å². The highest BCUT2D eigenvalue weighted by atomic mass is 15.1. The molecule has 0 spiro atoms. The SMILES string of the molecule is CCN1C=C/C(=C\C=C\c2ccnc3ccccc23)c2ccccc21. The van der Waals surface area contributed by atoms with Gasteiger partial charge in [0.1, 0.15) is 0 Å². The van der Waals surface area contributed by atoms with Crippen molar-refractivity contribution in [3.05, 3.63) is 96.3 Å². The minimum atomic E-state index is 0.972. The highest BCUT2D eigenvalue weighted by Crippen LogP contribution is 2.32. The molecule has 3 aromatic rings. The second-order valence-electron chi connectivity index (χ2n) is 6.02. The van der Waals surface area contributed by atoms with E-state index in [2.05, 4.69) is 89.8 Å². The van der Waals surface area contributed by atoms with E-state index >= 15 is 0 Å². The lowest BCUT2D eigenvalue weighted by Gasteiger charge is -2.26. The lowest BCUT2D eigenvalue weighted by Crippen LogP contribution is -2.18. The van der Waals surface area contributed by atoms with E-state index in [0.717, 1.165) is 12.1 Å². The van der Waals surface area contributed by atoms with Gasteiger partial charge in [-0.15, -0.1) is 0 Å². The topological polar surface area (TPSA) is 16.1 Å². The molecule has 4 rings (SSSR count). The fraction of sp³-hybridized carbons (Fsp3) is 0.0870. The number of para-hydroxylation sites is 2. The van der Waals surface area contributed by atoms with Crippen LogP contribution in [0.3, 0.4) is 0 Å². The van der Waals surface area contributed by atoms with E-state index in [4.69, 9.17) is 0 Å². The Balaban J connectivity index is 1.69. The number of fused-ring (bicyclic) bond motifs is 2. The van der Waals surface area contributed by atoms with Gasteiger partial charge in [0, 0.05) is 35.6 Å². The van der Waals surface area contributed by atoms with Crippen molar-refractivity contribution in [2.75, 3.05) is 11.4 Å². The van der Waals surface area contributed by atoms with Gasteiger partial charge in [-0.2, -0.15) is 0 Å². The quantitative estimate of drug-likeness (QED) is 0.615. The minimum absolute atomic E-state index is 0.972. The van der Waals surface area contributed by atoms with Crippen molar-refractivity contribution in [3.8, 4) is 0 Å². The first-order chi connectivity index (χ1) is 12.4. The van der Waals surface area contributed by atoms with Crippen LogP contribution in [0.25, 0.3) is 22.6 Å². The van der Waals surface area contributed by atoms with Gasteiger partial charge in [-0.05, 0) is 42.3 Å². The zero-order valence-electron chi connectivity index (χ0n) is 14.3. The molecule has 0 aliphatic carbocycles. The Hall–Kier alpha value is -3.13. The molecule has 0 bridgehead atoms. The molecule has 2 heteroatoms. The maximum Gasteiger partial charge on any atom is 0.0707 e. The number of nitrogens with zero attached hydrogens (tertiary/aromatic N) is 2.